The minimum absolute atomic E-state index is 0. The van der Waals surface area contributed by atoms with Crippen LogP contribution in [-0.4, -0.2) is 10.2 Å². The van der Waals surface area contributed by atoms with E-state index in [0.29, 0.717) is 0 Å². The Bertz CT molecular complexity index is 901. The molecule has 0 heterocycles. The zero-order chi connectivity index (χ0) is 18.0. The van der Waals surface area contributed by atoms with Gasteiger partial charge in [-0.15, -0.1) is 59.3 Å². The molecule has 5 aromatic carbocycles. The summed E-state index contributed by atoms with van der Waals surface area (Å²) in [4.78, 5) is 0. The number of rotatable bonds is 1. The fourth-order valence-corrected chi connectivity index (χ4v) is 2.97. The van der Waals surface area contributed by atoms with E-state index >= 15 is 0 Å². The molecule has 131 valence electrons. The van der Waals surface area contributed by atoms with Crippen LogP contribution >= 0.6 is 0 Å². The standard InChI is InChI=1S/2C9H7.C7H7Si.Hf/c2*1-2-5-9-7-3-6-8(9)4-1;8-6-7-4-2-1-3-5-7;/h2*1-7H;1-5H,6H2;/q2*-1;;. The number of hydrogen-bond acceptors (Lipinski definition) is 0. The molecule has 2 heteroatoms. The number of hydrogen-bond donors (Lipinski definition) is 0. The Labute approximate surface area is 183 Å². The van der Waals surface area contributed by atoms with Crippen molar-refractivity contribution < 1.29 is 25.8 Å². The second-order valence-electron chi connectivity index (χ2n) is 5.97. The van der Waals surface area contributed by atoms with Crippen LogP contribution in [0.4, 0.5) is 0 Å². The summed E-state index contributed by atoms with van der Waals surface area (Å²) in [6.45, 7) is 0. The van der Waals surface area contributed by atoms with Gasteiger partial charge in [0.25, 0.3) is 0 Å². The molecule has 0 saturated heterocycles. The molecule has 0 aliphatic rings. The monoisotopic (exact) mass is 529 g/mol. The van der Waals surface area contributed by atoms with Crippen LogP contribution in [0.1, 0.15) is 5.56 Å². The Hall–Kier alpha value is -2.03. The third-order valence-electron chi connectivity index (χ3n) is 4.14. The van der Waals surface area contributed by atoms with Crippen LogP contribution < -0.4 is 0 Å². The third-order valence-corrected chi connectivity index (χ3v) is 4.55. The molecular formula is C25H21HfSi-2. The molecule has 5 rings (SSSR count). The summed E-state index contributed by atoms with van der Waals surface area (Å²) in [5.41, 5.74) is 1.32. The second kappa shape index (κ2) is 11.6. The molecule has 27 heavy (non-hydrogen) atoms. The van der Waals surface area contributed by atoms with Crippen molar-refractivity contribution in [3.05, 3.63) is 121 Å². The van der Waals surface area contributed by atoms with E-state index in [2.05, 4.69) is 107 Å². The van der Waals surface area contributed by atoms with E-state index in [9.17, 15) is 0 Å². The van der Waals surface area contributed by atoms with Crippen LogP contribution in [-0.2, 0) is 31.9 Å². The Morgan fingerprint density at radius 3 is 1.41 bits per heavy atom. The maximum Gasteiger partial charge on any atom is 0.0283 e. The van der Waals surface area contributed by atoms with Gasteiger partial charge in [-0.1, -0.05) is 48.0 Å². The van der Waals surface area contributed by atoms with Crippen LogP contribution in [0.2, 0.25) is 0 Å². The molecule has 0 aliphatic heterocycles. The second-order valence-corrected chi connectivity index (χ2v) is 6.33. The molecule has 0 unspecified atom stereocenters. The van der Waals surface area contributed by atoms with Crippen molar-refractivity contribution in [3.63, 3.8) is 0 Å². The van der Waals surface area contributed by atoms with E-state index in [4.69, 9.17) is 0 Å². The van der Waals surface area contributed by atoms with Crippen LogP contribution in [0.15, 0.2) is 115 Å². The van der Waals surface area contributed by atoms with Gasteiger partial charge in [-0.05, 0) is 6.04 Å². The van der Waals surface area contributed by atoms with Gasteiger partial charge in [0, 0.05) is 36.1 Å². The van der Waals surface area contributed by atoms with Crippen molar-refractivity contribution in [3.8, 4) is 0 Å². The molecular weight excluding hydrogens is 507 g/mol. The van der Waals surface area contributed by atoms with Gasteiger partial charge >= 0.3 is 0 Å². The summed E-state index contributed by atoms with van der Waals surface area (Å²) in [6, 6.07) is 40.6. The first kappa shape index (κ1) is 21.3. The first-order chi connectivity index (χ1) is 12.9. The van der Waals surface area contributed by atoms with E-state index in [0.717, 1.165) is 6.04 Å². The van der Waals surface area contributed by atoms with Crippen molar-refractivity contribution in [1.29, 1.82) is 0 Å². The smallest absolute Gasteiger partial charge is 0.0283 e. The Balaban J connectivity index is 0.000000143. The van der Waals surface area contributed by atoms with Gasteiger partial charge in [-0.3, -0.25) is 0 Å². The largest absolute Gasteiger partial charge is 0.168 e. The van der Waals surface area contributed by atoms with Crippen LogP contribution in [0, 0.1) is 0 Å². The predicted octanol–water partition coefficient (Wildman–Crippen LogP) is 6.47. The number of benzene rings is 3. The summed E-state index contributed by atoms with van der Waals surface area (Å²) < 4.78 is 0. The van der Waals surface area contributed by atoms with Crippen molar-refractivity contribution >= 4 is 31.8 Å². The van der Waals surface area contributed by atoms with Crippen molar-refractivity contribution in [2.24, 2.45) is 0 Å². The average molecular weight is 528 g/mol. The van der Waals surface area contributed by atoms with Gasteiger partial charge in [-0.25, -0.2) is 0 Å². The summed E-state index contributed by atoms with van der Waals surface area (Å²) in [5.74, 6) is 0. The van der Waals surface area contributed by atoms with Crippen molar-refractivity contribution in [1.82, 2.24) is 0 Å². The molecule has 3 radical (unpaired) electrons. The first-order valence-electron chi connectivity index (χ1n) is 8.76. The Kier molecular flexibility index (Phi) is 9.16. The van der Waals surface area contributed by atoms with Gasteiger partial charge in [0.05, 0.1) is 0 Å². The molecule has 0 fully saturated rings. The van der Waals surface area contributed by atoms with Crippen LogP contribution in [0.5, 0.6) is 0 Å². The topological polar surface area (TPSA) is 0 Å². The van der Waals surface area contributed by atoms with Gasteiger partial charge in [-0.2, -0.15) is 35.0 Å². The van der Waals surface area contributed by atoms with E-state index in [1.807, 2.05) is 18.2 Å². The number of fused-ring (bicyclic) bond motifs is 2. The quantitative estimate of drug-likeness (QED) is 0.173. The van der Waals surface area contributed by atoms with Gasteiger partial charge < -0.3 is 0 Å². The molecule has 0 bridgehead atoms. The van der Waals surface area contributed by atoms with E-state index < -0.39 is 0 Å². The third kappa shape index (κ3) is 6.57. The van der Waals surface area contributed by atoms with E-state index in [-0.39, 0.29) is 25.8 Å². The molecule has 0 spiro atoms. The van der Waals surface area contributed by atoms with Gasteiger partial charge in [0.1, 0.15) is 0 Å². The normalized spacial score (nSPS) is 9.52. The SMILES string of the molecule is [Hf].[Si]Cc1ccccc1.c1ccc2[cH-]ccc2c1.c1ccc2[cH-]ccc2c1. The molecule has 0 saturated carbocycles. The average Bonchev–Trinajstić information content (AvgIpc) is 3.38. The Morgan fingerprint density at radius 1 is 0.556 bits per heavy atom. The summed E-state index contributed by atoms with van der Waals surface area (Å²) in [5, 5.41) is 5.32. The zero-order valence-corrected chi connectivity index (χ0v) is 19.8. The summed E-state index contributed by atoms with van der Waals surface area (Å²) in [6.07, 6.45) is 0. The van der Waals surface area contributed by atoms with Crippen LogP contribution in [0.25, 0.3) is 21.5 Å². The maximum atomic E-state index is 3.40. The van der Waals surface area contributed by atoms with Gasteiger partial charge in [0.2, 0.25) is 0 Å². The Morgan fingerprint density at radius 2 is 1.00 bits per heavy atom. The molecule has 0 aromatic heterocycles. The van der Waals surface area contributed by atoms with Gasteiger partial charge in [0.15, 0.2) is 0 Å². The summed E-state index contributed by atoms with van der Waals surface area (Å²) in [7, 11) is 3.40. The fourth-order valence-electron chi connectivity index (χ4n) is 2.74. The molecule has 0 N–H and O–H groups in total. The van der Waals surface area contributed by atoms with E-state index in [1.165, 1.54) is 27.1 Å². The fraction of sp³-hybridized carbons (Fsp3) is 0.0400. The minimum atomic E-state index is 0. The minimum Gasteiger partial charge on any atom is -0.168 e. The van der Waals surface area contributed by atoms with Crippen molar-refractivity contribution in [2.75, 3.05) is 0 Å². The predicted molar refractivity (Wildman–Crippen MR) is 115 cm³/mol. The molecule has 0 aliphatic carbocycles. The molecule has 0 nitrogen and oxygen atoms in total. The molecule has 0 amide bonds. The molecule has 5 aromatic rings. The van der Waals surface area contributed by atoms with E-state index in [1.54, 1.807) is 0 Å². The molecule has 0 atom stereocenters. The maximum absolute atomic E-state index is 3.40. The summed E-state index contributed by atoms with van der Waals surface area (Å²) >= 11 is 0. The first-order valence-corrected chi connectivity index (χ1v) is 9.47. The zero-order valence-electron chi connectivity index (χ0n) is 15.2. The van der Waals surface area contributed by atoms with Crippen LogP contribution in [0.3, 0.4) is 0 Å². The van der Waals surface area contributed by atoms with Crippen molar-refractivity contribution in [2.45, 2.75) is 6.04 Å².